The fraction of sp³-hybridized carbons (Fsp3) is 0.438. The molecule has 11 heteroatoms. The number of carbonyl (C=O) groups excluding carboxylic acids is 3. The molecule has 0 bridgehead atoms. The van der Waals surface area contributed by atoms with Crippen LogP contribution in [0.25, 0.3) is 0 Å². The molecule has 0 spiro atoms. The van der Waals surface area contributed by atoms with Gasteiger partial charge in [0.25, 0.3) is 5.91 Å². The van der Waals surface area contributed by atoms with Gasteiger partial charge in [0.1, 0.15) is 12.4 Å². The number of nitrogens with one attached hydrogen (secondary N) is 3. The molecule has 0 aliphatic carbocycles. The van der Waals surface area contributed by atoms with Crippen LogP contribution in [0.1, 0.15) is 27.7 Å². The van der Waals surface area contributed by atoms with Crippen molar-refractivity contribution in [2.75, 3.05) is 6.54 Å². The van der Waals surface area contributed by atoms with Crippen molar-refractivity contribution < 1.29 is 31.9 Å². The first-order chi connectivity index (χ1) is 12.3. The quantitative estimate of drug-likeness (QED) is 0.598. The molecule has 0 aliphatic heterocycles. The molecule has 27 heavy (non-hydrogen) atoms. The van der Waals surface area contributed by atoms with E-state index >= 15 is 0 Å². The Morgan fingerprint density at radius 2 is 1.70 bits per heavy atom. The summed E-state index contributed by atoms with van der Waals surface area (Å²) in [5, 5.41) is 4.50. The highest BCUT2D eigenvalue weighted by molar-refractivity contribution is 7.89. The first-order valence-electron chi connectivity index (χ1n) is 7.88. The summed E-state index contributed by atoms with van der Waals surface area (Å²) in [6.07, 6.45) is -1.32. The van der Waals surface area contributed by atoms with Crippen LogP contribution in [0, 0.1) is 5.82 Å². The number of sulfonamides is 1. The van der Waals surface area contributed by atoms with Crippen LogP contribution in [0.3, 0.4) is 0 Å². The minimum atomic E-state index is -4.05. The third-order valence-electron chi connectivity index (χ3n) is 2.93. The highest BCUT2D eigenvalue weighted by Gasteiger charge is 2.23. The summed E-state index contributed by atoms with van der Waals surface area (Å²) in [5.74, 6) is -2.50. The van der Waals surface area contributed by atoms with Crippen LogP contribution in [-0.4, -0.2) is 44.5 Å². The molecule has 0 aromatic heterocycles. The van der Waals surface area contributed by atoms with E-state index in [4.69, 9.17) is 4.74 Å². The summed E-state index contributed by atoms with van der Waals surface area (Å²) in [5.41, 5.74) is -0.567. The zero-order chi connectivity index (χ0) is 20.8. The third kappa shape index (κ3) is 8.13. The van der Waals surface area contributed by atoms with Crippen molar-refractivity contribution in [3.63, 3.8) is 0 Å². The molecule has 1 aromatic rings. The van der Waals surface area contributed by atoms with E-state index in [1.807, 2.05) is 10.0 Å². The van der Waals surface area contributed by atoms with Gasteiger partial charge >= 0.3 is 12.0 Å². The Morgan fingerprint density at radius 1 is 1.15 bits per heavy atom. The van der Waals surface area contributed by atoms with Crippen molar-refractivity contribution in [3.8, 4) is 0 Å². The van der Waals surface area contributed by atoms with Gasteiger partial charge in [-0.05, 0) is 52.0 Å². The maximum atomic E-state index is 12.8. The highest BCUT2D eigenvalue weighted by atomic mass is 32.2. The van der Waals surface area contributed by atoms with Gasteiger partial charge in [-0.15, -0.1) is 0 Å². The van der Waals surface area contributed by atoms with E-state index in [0.717, 1.165) is 24.3 Å². The summed E-state index contributed by atoms with van der Waals surface area (Å²) in [6, 6.07) is 3.23. The zero-order valence-electron chi connectivity index (χ0n) is 15.3. The van der Waals surface area contributed by atoms with Gasteiger partial charge in [-0.1, -0.05) is 0 Å². The summed E-state index contributed by atoms with van der Waals surface area (Å²) in [4.78, 5) is 34.9. The fourth-order valence-electron chi connectivity index (χ4n) is 1.73. The Morgan fingerprint density at radius 3 is 2.22 bits per heavy atom. The molecule has 9 nitrogen and oxygen atoms in total. The van der Waals surface area contributed by atoms with E-state index in [1.54, 1.807) is 20.8 Å². The van der Waals surface area contributed by atoms with E-state index in [-0.39, 0.29) is 4.90 Å². The van der Waals surface area contributed by atoms with Crippen molar-refractivity contribution in [3.05, 3.63) is 30.1 Å². The number of imide groups is 1. The standard InChI is InChI=1S/C16H22FN3O6S/c1-10(14(22)19-15(23)20-16(2,3)4)26-13(21)9-18-27(24,25)12-7-5-11(17)6-8-12/h5-8,10,18H,9H2,1-4H3,(H2,19,20,22,23). The number of ether oxygens (including phenoxy) is 1. The summed E-state index contributed by atoms with van der Waals surface area (Å²) < 4.78 is 43.5. The lowest BCUT2D eigenvalue weighted by Gasteiger charge is -2.21. The minimum absolute atomic E-state index is 0.235. The van der Waals surface area contributed by atoms with Crippen LogP contribution in [0.5, 0.6) is 0 Å². The molecule has 0 radical (unpaired) electrons. The van der Waals surface area contributed by atoms with Crippen molar-refractivity contribution in [1.29, 1.82) is 0 Å². The first kappa shape index (κ1) is 22.5. The minimum Gasteiger partial charge on any atom is -0.452 e. The zero-order valence-corrected chi connectivity index (χ0v) is 16.1. The maximum Gasteiger partial charge on any atom is 0.321 e. The number of amides is 3. The Labute approximate surface area is 156 Å². The van der Waals surface area contributed by atoms with Gasteiger partial charge in [0.05, 0.1) is 4.90 Å². The average molecular weight is 403 g/mol. The number of benzene rings is 1. The molecule has 1 aromatic carbocycles. The monoisotopic (exact) mass is 403 g/mol. The fourth-order valence-corrected chi connectivity index (χ4v) is 2.70. The number of hydrogen-bond acceptors (Lipinski definition) is 6. The van der Waals surface area contributed by atoms with Gasteiger partial charge in [-0.3, -0.25) is 14.9 Å². The molecular weight excluding hydrogens is 381 g/mol. The van der Waals surface area contributed by atoms with Crippen LogP contribution in [-0.2, 0) is 24.3 Å². The smallest absolute Gasteiger partial charge is 0.321 e. The van der Waals surface area contributed by atoms with E-state index in [2.05, 4.69) is 5.32 Å². The first-order valence-corrected chi connectivity index (χ1v) is 9.36. The third-order valence-corrected chi connectivity index (χ3v) is 4.35. The second-order valence-electron chi connectivity index (χ2n) is 6.60. The van der Waals surface area contributed by atoms with Gasteiger partial charge in [-0.2, -0.15) is 4.72 Å². The molecule has 0 fully saturated rings. The normalized spacial score (nSPS) is 12.8. The van der Waals surface area contributed by atoms with Crippen LogP contribution in [0.15, 0.2) is 29.2 Å². The largest absolute Gasteiger partial charge is 0.452 e. The molecule has 0 saturated heterocycles. The second kappa shape index (κ2) is 8.91. The number of hydrogen-bond donors (Lipinski definition) is 3. The maximum absolute atomic E-state index is 12.8. The summed E-state index contributed by atoms with van der Waals surface area (Å²) in [7, 11) is -4.05. The van der Waals surface area contributed by atoms with Crippen LogP contribution < -0.4 is 15.4 Å². The molecule has 1 unspecified atom stereocenters. The number of rotatable bonds is 6. The van der Waals surface area contributed by atoms with Crippen molar-refractivity contribution in [1.82, 2.24) is 15.4 Å². The number of esters is 1. The highest BCUT2D eigenvalue weighted by Crippen LogP contribution is 2.09. The predicted octanol–water partition coefficient (Wildman–Crippen LogP) is 0.660. The molecule has 1 atom stereocenters. The number of halogens is 1. The van der Waals surface area contributed by atoms with E-state index < -0.39 is 51.9 Å². The van der Waals surface area contributed by atoms with E-state index in [9.17, 15) is 27.2 Å². The van der Waals surface area contributed by atoms with Gasteiger partial charge in [0.2, 0.25) is 10.0 Å². The predicted molar refractivity (Wildman–Crippen MR) is 93.6 cm³/mol. The average Bonchev–Trinajstić information content (AvgIpc) is 2.51. The summed E-state index contributed by atoms with van der Waals surface area (Å²) in [6.45, 7) is 5.63. The Hall–Kier alpha value is -2.53. The van der Waals surface area contributed by atoms with Gasteiger partial charge in [-0.25, -0.2) is 17.6 Å². The molecule has 0 aliphatic rings. The lowest BCUT2D eigenvalue weighted by molar-refractivity contribution is -0.153. The van der Waals surface area contributed by atoms with Gasteiger partial charge < -0.3 is 10.1 Å². The van der Waals surface area contributed by atoms with Crippen LogP contribution >= 0.6 is 0 Å². The van der Waals surface area contributed by atoms with Gasteiger partial charge in [0, 0.05) is 5.54 Å². The Balaban J connectivity index is 2.52. The molecule has 0 saturated carbocycles. The van der Waals surface area contributed by atoms with Crippen molar-refractivity contribution in [2.24, 2.45) is 0 Å². The van der Waals surface area contributed by atoms with E-state index in [0.29, 0.717) is 0 Å². The van der Waals surface area contributed by atoms with Crippen LogP contribution in [0.2, 0.25) is 0 Å². The van der Waals surface area contributed by atoms with E-state index in [1.165, 1.54) is 6.92 Å². The summed E-state index contributed by atoms with van der Waals surface area (Å²) >= 11 is 0. The molecular formula is C16H22FN3O6S. The lowest BCUT2D eigenvalue weighted by Crippen LogP contribution is -2.50. The Kier molecular flexibility index (Phi) is 7.43. The SMILES string of the molecule is CC(OC(=O)CNS(=O)(=O)c1ccc(F)cc1)C(=O)NC(=O)NC(C)(C)C. The van der Waals surface area contributed by atoms with Gasteiger partial charge in [0.15, 0.2) is 6.10 Å². The van der Waals surface area contributed by atoms with Crippen molar-refractivity contribution >= 4 is 27.9 Å². The second-order valence-corrected chi connectivity index (χ2v) is 8.37. The molecule has 1 rings (SSSR count). The number of urea groups is 1. The molecule has 0 heterocycles. The Bertz CT molecular complexity index is 802. The van der Waals surface area contributed by atoms with Crippen LogP contribution in [0.4, 0.5) is 9.18 Å². The molecule has 150 valence electrons. The topological polar surface area (TPSA) is 131 Å². The number of carbonyl (C=O) groups is 3. The molecule has 3 amide bonds. The molecule has 3 N–H and O–H groups in total. The lowest BCUT2D eigenvalue weighted by atomic mass is 10.1. The van der Waals surface area contributed by atoms with Crippen molar-refractivity contribution in [2.45, 2.75) is 44.2 Å².